The number of pyridine rings is 1. The smallest absolute Gasteiger partial charge is 0.449 e. The van der Waals surface area contributed by atoms with Crippen LogP contribution in [0.2, 0.25) is 0 Å². The molecule has 2 aromatic heterocycles. The molecule has 2 heterocycles. The van der Waals surface area contributed by atoms with Crippen molar-refractivity contribution in [2.24, 2.45) is 11.8 Å². The molecule has 32 heavy (non-hydrogen) atoms. The van der Waals surface area contributed by atoms with E-state index >= 15 is 0 Å². The van der Waals surface area contributed by atoms with Gasteiger partial charge in [-0.15, -0.1) is 0 Å². The van der Waals surface area contributed by atoms with Crippen molar-refractivity contribution in [3.63, 3.8) is 0 Å². The van der Waals surface area contributed by atoms with E-state index in [0.717, 1.165) is 41.8 Å². The van der Waals surface area contributed by atoms with Crippen molar-refractivity contribution in [2.45, 2.75) is 39.2 Å². The Hall–Kier alpha value is -3.19. The summed E-state index contributed by atoms with van der Waals surface area (Å²) in [6.45, 7) is 2.48. The second-order valence-corrected chi connectivity index (χ2v) is 9.23. The van der Waals surface area contributed by atoms with Crippen LogP contribution < -0.4 is 9.64 Å². The number of amides is 1. The molecule has 0 bridgehead atoms. The van der Waals surface area contributed by atoms with Gasteiger partial charge in [0, 0.05) is 17.0 Å². The molecule has 0 spiro atoms. The van der Waals surface area contributed by atoms with E-state index in [9.17, 15) is 14.7 Å². The maximum atomic E-state index is 13.7. The molecule has 1 amide bonds. The summed E-state index contributed by atoms with van der Waals surface area (Å²) in [6.07, 6.45) is 4.01. The fourth-order valence-electron chi connectivity index (χ4n) is 4.11. The maximum Gasteiger partial charge on any atom is 0.512 e. The molecule has 1 aliphatic rings. The molecule has 1 aliphatic carbocycles. The number of carbonyl (C=O) groups excluding carboxylic acids is 1. The first kappa shape index (κ1) is 22.0. The summed E-state index contributed by atoms with van der Waals surface area (Å²) in [6, 6.07) is 17.1. The number of thiophene rings is 1. The molecule has 1 N–H and O–H groups in total. The number of carbonyl (C=O) groups is 2. The molecule has 0 saturated heterocycles. The Morgan fingerprint density at radius 2 is 1.81 bits per heavy atom. The van der Waals surface area contributed by atoms with Gasteiger partial charge in [-0.2, -0.15) is 0 Å². The third-order valence-corrected chi connectivity index (χ3v) is 6.94. The van der Waals surface area contributed by atoms with Crippen LogP contribution in [0.4, 0.5) is 10.5 Å². The quantitative estimate of drug-likeness (QED) is 0.451. The van der Waals surface area contributed by atoms with Crippen LogP contribution in [0.25, 0.3) is 10.4 Å². The van der Waals surface area contributed by atoms with Crippen molar-refractivity contribution in [3.05, 3.63) is 66.5 Å². The topological polar surface area (TPSA) is 79.7 Å². The van der Waals surface area contributed by atoms with Gasteiger partial charge in [-0.05, 0) is 55.4 Å². The summed E-state index contributed by atoms with van der Waals surface area (Å²) in [7, 11) is 0. The molecule has 1 saturated carbocycles. The lowest BCUT2D eigenvalue weighted by Crippen LogP contribution is -2.37. The second kappa shape index (κ2) is 9.96. The summed E-state index contributed by atoms with van der Waals surface area (Å²) in [5.41, 5.74) is 2.15. The minimum atomic E-state index is -1.40. The number of benzene rings is 1. The molecule has 3 aromatic rings. The third kappa shape index (κ3) is 5.16. The van der Waals surface area contributed by atoms with E-state index in [0.29, 0.717) is 11.6 Å². The van der Waals surface area contributed by atoms with Crippen molar-refractivity contribution < 1.29 is 19.4 Å². The van der Waals surface area contributed by atoms with Gasteiger partial charge in [0.05, 0.1) is 17.9 Å². The van der Waals surface area contributed by atoms with Crippen molar-refractivity contribution in [3.8, 4) is 15.5 Å². The van der Waals surface area contributed by atoms with Crippen LogP contribution in [0.15, 0.2) is 60.8 Å². The monoisotopic (exact) mass is 450 g/mol. The van der Waals surface area contributed by atoms with Gasteiger partial charge >= 0.3 is 6.16 Å². The SMILES string of the molecule is CC1CCC(C(=O)N(Cc2ccccn2)c2cc(-c3ccccc3)sc2OC(=O)O)CC1. The van der Waals surface area contributed by atoms with E-state index in [2.05, 4.69) is 11.9 Å². The lowest BCUT2D eigenvalue weighted by molar-refractivity contribution is -0.123. The van der Waals surface area contributed by atoms with Gasteiger partial charge < -0.3 is 14.7 Å². The first-order valence-electron chi connectivity index (χ1n) is 10.8. The van der Waals surface area contributed by atoms with Gasteiger partial charge in [0.2, 0.25) is 11.0 Å². The summed E-state index contributed by atoms with van der Waals surface area (Å²) in [4.78, 5) is 32.0. The average molecular weight is 451 g/mol. The average Bonchev–Trinajstić information content (AvgIpc) is 3.21. The number of carboxylic acid groups (broad SMARTS) is 1. The molecule has 0 radical (unpaired) electrons. The Morgan fingerprint density at radius 3 is 2.47 bits per heavy atom. The van der Waals surface area contributed by atoms with Crippen molar-refractivity contribution in [1.29, 1.82) is 0 Å². The third-order valence-electron chi connectivity index (χ3n) is 5.89. The lowest BCUT2D eigenvalue weighted by Gasteiger charge is -2.31. The van der Waals surface area contributed by atoms with Gasteiger partial charge in [0.1, 0.15) is 0 Å². The fourth-order valence-corrected chi connectivity index (χ4v) is 5.12. The zero-order valence-electron chi connectivity index (χ0n) is 17.9. The Balaban J connectivity index is 1.74. The normalized spacial score (nSPS) is 18.2. The predicted molar refractivity (Wildman–Crippen MR) is 125 cm³/mol. The van der Waals surface area contributed by atoms with E-state index in [-0.39, 0.29) is 23.4 Å². The van der Waals surface area contributed by atoms with Crippen LogP contribution in [0.3, 0.4) is 0 Å². The van der Waals surface area contributed by atoms with E-state index in [1.165, 1.54) is 11.3 Å². The molecule has 0 aliphatic heterocycles. The Bertz CT molecular complexity index is 1060. The summed E-state index contributed by atoms with van der Waals surface area (Å²) in [5.74, 6) is 0.530. The summed E-state index contributed by atoms with van der Waals surface area (Å²) in [5, 5.41) is 9.53. The number of hydrogen-bond donors (Lipinski definition) is 1. The summed E-state index contributed by atoms with van der Waals surface area (Å²) >= 11 is 1.23. The number of anilines is 1. The lowest BCUT2D eigenvalue weighted by atomic mass is 9.82. The highest BCUT2D eigenvalue weighted by atomic mass is 32.1. The van der Waals surface area contributed by atoms with Gasteiger partial charge in [0.25, 0.3) is 0 Å². The fraction of sp³-hybridized carbons (Fsp3) is 0.320. The molecule has 4 rings (SSSR count). The molecule has 166 valence electrons. The highest BCUT2D eigenvalue weighted by molar-refractivity contribution is 7.18. The van der Waals surface area contributed by atoms with Gasteiger partial charge in [0.15, 0.2) is 0 Å². The van der Waals surface area contributed by atoms with Crippen molar-refractivity contribution in [2.75, 3.05) is 4.90 Å². The number of aromatic nitrogens is 1. The Kier molecular flexibility index (Phi) is 6.85. The minimum Gasteiger partial charge on any atom is -0.449 e. The van der Waals surface area contributed by atoms with Crippen LogP contribution in [0.1, 0.15) is 38.3 Å². The Labute approximate surface area is 191 Å². The number of ether oxygens (including phenoxy) is 1. The van der Waals surface area contributed by atoms with Crippen LogP contribution in [-0.2, 0) is 11.3 Å². The number of nitrogens with zero attached hydrogens (tertiary/aromatic N) is 2. The minimum absolute atomic E-state index is 0.00444. The molecule has 0 atom stereocenters. The summed E-state index contributed by atoms with van der Waals surface area (Å²) < 4.78 is 5.14. The molecular weight excluding hydrogens is 424 g/mol. The standard InChI is InChI=1S/C25H26N2O4S/c1-17-10-12-19(13-11-17)23(28)27(16-20-9-5-6-14-26-20)21-15-22(18-7-3-2-4-8-18)32-24(21)31-25(29)30/h2-9,14-15,17,19H,10-13,16H2,1H3,(H,29,30). The zero-order valence-corrected chi connectivity index (χ0v) is 18.8. The van der Waals surface area contributed by atoms with Crippen LogP contribution in [-0.4, -0.2) is 22.2 Å². The van der Waals surface area contributed by atoms with Crippen LogP contribution in [0, 0.1) is 11.8 Å². The van der Waals surface area contributed by atoms with Gasteiger partial charge in [-0.3, -0.25) is 9.78 Å². The molecule has 7 heteroatoms. The van der Waals surface area contributed by atoms with Crippen LogP contribution in [0.5, 0.6) is 5.06 Å². The van der Waals surface area contributed by atoms with Crippen LogP contribution >= 0.6 is 11.3 Å². The maximum absolute atomic E-state index is 13.7. The largest absolute Gasteiger partial charge is 0.512 e. The predicted octanol–water partition coefficient (Wildman–Crippen LogP) is 6.23. The second-order valence-electron chi connectivity index (χ2n) is 8.22. The number of rotatable bonds is 6. The molecule has 6 nitrogen and oxygen atoms in total. The highest BCUT2D eigenvalue weighted by Crippen LogP contribution is 2.44. The van der Waals surface area contributed by atoms with Crippen molar-refractivity contribution in [1.82, 2.24) is 4.98 Å². The first-order chi connectivity index (χ1) is 15.5. The van der Waals surface area contributed by atoms with E-state index in [1.807, 2.05) is 54.6 Å². The van der Waals surface area contributed by atoms with E-state index < -0.39 is 6.16 Å². The van der Waals surface area contributed by atoms with Gasteiger partial charge in [-0.25, -0.2) is 4.79 Å². The molecule has 1 fully saturated rings. The highest BCUT2D eigenvalue weighted by Gasteiger charge is 2.32. The van der Waals surface area contributed by atoms with Crippen molar-refractivity contribution >= 4 is 29.1 Å². The zero-order chi connectivity index (χ0) is 22.5. The van der Waals surface area contributed by atoms with Gasteiger partial charge in [-0.1, -0.05) is 54.7 Å². The molecular formula is C25H26N2O4S. The molecule has 1 aromatic carbocycles. The van der Waals surface area contributed by atoms with E-state index in [4.69, 9.17) is 4.74 Å². The molecule has 0 unspecified atom stereocenters. The Morgan fingerprint density at radius 1 is 1.09 bits per heavy atom. The number of hydrogen-bond acceptors (Lipinski definition) is 5. The van der Waals surface area contributed by atoms with E-state index in [1.54, 1.807) is 11.1 Å². The first-order valence-corrected chi connectivity index (χ1v) is 11.6.